The number of hydrogen-bond donors (Lipinski definition) is 2. The van der Waals surface area contributed by atoms with Crippen LogP contribution in [0.15, 0.2) is 58.9 Å². The van der Waals surface area contributed by atoms with Crippen LogP contribution < -0.4 is 15.2 Å². The van der Waals surface area contributed by atoms with Gasteiger partial charge in [0.25, 0.3) is 10.0 Å². The van der Waals surface area contributed by atoms with Gasteiger partial charge in [-0.05, 0) is 42.2 Å². The van der Waals surface area contributed by atoms with Crippen molar-refractivity contribution in [1.82, 2.24) is 4.98 Å². The molecule has 0 bridgehead atoms. The maximum absolute atomic E-state index is 14.7. The predicted molar refractivity (Wildman–Crippen MR) is 125 cm³/mol. The number of sulfonamides is 1. The van der Waals surface area contributed by atoms with Gasteiger partial charge in [0.2, 0.25) is 0 Å². The Morgan fingerprint density at radius 3 is 2.70 bits per heavy atom. The fourth-order valence-corrected chi connectivity index (χ4v) is 5.81. The van der Waals surface area contributed by atoms with Gasteiger partial charge in [0.15, 0.2) is 5.13 Å². The summed E-state index contributed by atoms with van der Waals surface area (Å²) in [5.74, 6) is -1.59. The van der Waals surface area contributed by atoms with Gasteiger partial charge in [0, 0.05) is 29.6 Å². The van der Waals surface area contributed by atoms with Crippen LogP contribution in [0.4, 0.5) is 13.9 Å². The van der Waals surface area contributed by atoms with E-state index in [9.17, 15) is 17.2 Å². The lowest BCUT2D eigenvalue weighted by molar-refractivity contribution is 0.252. The van der Waals surface area contributed by atoms with Crippen LogP contribution in [0, 0.1) is 17.6 Å². The maximum Gasteiger partial charge on any atom is 0.266 e. The van der Waals surface area contributed by atoms with Crippen LogP contribution in [0.2, 0.25) is 5.02 Å². The Balaban J connectivity index is 1.54. The second-order valence-corrected chi connectivity index (χ2v) is 10.4. The molecule has 0 aliphatic heterocycles. The van der Waals surface area contributed by atoms with Gasteiger partial charge in [-0.25, -0.2) is 22.2 Å². The van der Waals surface area contributed by atoms with Crippen molar-refractivity contribution in [1.29, 1.82) is 0 Å². The smallest absolute Gasteiger partial charge is 0.266 e. The number of hydrogen-bond acceptors (Lipinski definition) is 6. The third kappa shape index (κ3) is 5.35. The van der Waals surface area contributed by atoms with Crippen molar-refractivity contribution in [2.24, 2.45) is 11.7 Å². The number of ether oxygens (including phenoxy) is 1. The van der Waals surface area contributed by atoms with Gasteiger partial charge < -0.3 is 10.5 Å². The molecule has 0 saturated carbocycles. The predicted octanol–water partition coefficient (Wildman–Crippen LogP) is 5.08. The summed E-state index contributed by atoms with van der Waals surface area (Å²) < 4.78 is 61.1. The average Bonchev–Trinajstić information content (AvgIpc) is 3.27. The molecule has 174 valence electrons. The first-order valence-corrected chi connectivity index (χ1v) is 12.7. The van der Waals surface area contributed by atoms with E-state index in [1.165, 1.54) is 18.3 Å². The van der Waals surface area contributed by atoms with E-state index >= 15 is 0 Å². The molecule has 6 nitrogen and oxygen atoms in total. The summed E-state index contributed by atoms with van der Waals surface area (Å²) in [7, 11) is -4.22. The summed E-state index contributed by atoms with van der Waals surface area (Å²) >= 11 is 7.29. The van der Waals surface area contributed by atoms with Gasteiger partial charge in [-0.15, -0.1) is 11.3 Å². The van der Waals surface area contributed by atoms with Gasteiger partial charge in [0.1, 0.15) is 22.3 Å². The number of nitrogens with two attached hydrogens (primary N) is 1. The molecule has 0 spiro atoms. The lowest BCUT2D eigenvalue weighted by Crippen LogP contribution is -2.36. The molecular formula is C22H20ClF2N3O3S2. The second kappa shape index (κ2) is 9.76. The van der Waals surface area contributed by atoms with Crippen molar-refractivity contribution < 1.29 is 21.9 Å². The van der Waals surface area contributed by atoms with E-state index in [1.54, 1.807) is 17.5 Å². The molecule has 33 heavy (non-hydrogen) atoms. The normalized spacial score (nSPS) is 18.6. The van der Waals surface area contributed by atoms with E-state index in [-0.39, 0.29) is 40.3 Å². The number of allylic oxidation sites excluding steroid dienone is 1. The third-order valence-electron chi connectivity index (χ3n) is 5.31. The Kier molecular flexibility index (Phi) is 6.99. The fraction of sp³-hybridized carbons (Fsp3) is 0.227. The lowest BCUT2D eigenvalue weighted by atomic mass is 9.81. The van der Waals surface area contributed by atoms with Crippen LogP contribution in [0.3, 0.4) is 0 Å². The number of aromatic nitrogens is 1. The van der Waals surface area contributed by atoms with Gasteiger partial charge in [-0.2, -0.15) is 0 Å². The second-order valence-electron chi connectivity index (χ2n) is 7.48. The van der Waals surface area contributed by atoms with E-state index in [0.29, 0.717) is 0 Å². The maximum atomic E-state index is 14.7. The first-order chi connectivity index (χ1) is 15.7. The minimum Gasteiger partial charge on any atom is -0.491 e. The fourth-order valence-electron chi connectivity index (χ4n) is 3.65. The molecule has 3 N–H and O–H groups in total. The molecule has 0 amide bonds. The summed E-state index contributed by atoms with van der Waals surface area (Å²) in [5, 5.41) is 1.63. The zero-order valence-electron chi connectivity index (χ0n) is 17.2. The molecular weight excluding hydrogens is 492 g/mol. The minimum atomic E-state index is -4.22. The highest BCUT2D eigenvalue weighted by Gasteiger charge is 2.28. The Morgan fingerprint density at radius 2 is 2.00 bits per heavy atom. The molecule has 0 fully saturated rings. The van der Waals surface area contributed by atoms with Crippen LogP contribution in [0.1, 0.15) is 18.4 Å². The Morgan fingerprint density at radius 1 is 1.24 bits per heavy atom. The van der Waals surface area contributed by atoms with Crippen LogP contribution in [-0.4, -0.2) is 26.1 Å². The first-order valence-electron chi connectivity index (χ1n) is 10.0. The van der Waals surface area contributed by atoms with Crippen LogP contribution in [0.5, 0.6) is 5.75 Å². The molecule has 1 aliphatic carbocycles. The lowest BCUT2D eigenvalue weighted by Gasteiger charge is -2.30. The van der Waals surface area contributed by atoms with Gasteiger partial charge in [-0.3, -0.25) is 4.72 Å². The highest BCUT2D eigenvalue weighted by Crippen LogP contribution is 2.35. The number of halogens is 3. The molecule has 1 aliphatic rings. The van der Waals surface area contributed by atoms with Gasteiger partial charge in [0.05, 0.1) is 11.6 Å². The van der Waals surface area contributed by atoms with Crippen molar-refractivity contribution in [2.45, 2.75) is 23.8 Å². The number of nitrogens with zero attached hydrogens (tertiary/aromatic N) is 1. The van der Waals surface area contributed by atoms with Crippen LogP contribution in [-0.2, 0) is 10.0 Å². The first kappa shape index (κ1) is 23.6. The minimum absolute atomic E-state index is 0.00130. The summed E-state index contributed by atoms with van der Waals surface area (Å²) in [5.41, 5.74) is 8.06. The SMILES string of the molecule is NC1CCC=C(c2ccc(F)cc2)C1COc1cc(F)c(S(=O)(=O)Nc2nccs2)cc1Cl. The van der Waals surface area contributed by atoms with Crippen molar-refractivity contribution >= 4 is 43.7 Å². The summed E-state index contributed by atoms with van der Waals surface area (Å²) in [4.78, 5) is 3.22. The quantitative estimate of drug-likeness (QED) is 0.461. The van der Waals surface area contributed by atoms with E-state index in [0.717, 1.165) is 47.4 Å². The standard InChI is InChI=1S/C22H20ClF2N3O3S2/c23-17-10-21(33(29,30)28-22-27-8-9-32-22)18(25)11-20(17)31-12-16-15(2-1-3-19(16)26)13-4-6-14(24)7-5-13/h2,4-11,16,19H,1,3,12,26H2,(H,27,28). The zero-order chi connectivity index (χ0) is 23.6. The Bertz CT molecular complexity index is 1270. The Labute approximate surface area is 199 Å². The Hall–Kier alpha value is -2.53. The third-order valence-corrected chi connectivity index (χ3v) is 7.77. The van der Waals surface area contributed by atoms with Crippen molar-refractivity contribution in [3.8, 4) is 5.75 Å². The highest BCUT2D eigenvalue weighted by molar-refractivity contribution is 7.93. The van der Waals surface area contributed by atoms with E-state index in [1.807, 2.05) is 6.08 Å². The molecule has 3 aromatic rings. The van der Waals surface area contributed by atoms with Gasteiger partial charge in [-0.1, -0.05) is 29.8 Å². The average molecular weight is 512 g/mol. The molecule has 11 heteroatoms. The summed E-state index contributed by atoms with van der Waals surface area (Å²) in [6.45, 7) is 0.0903. The number of anilines is 1. The number of rotatable bonds is 7. The zero-order valence-corrected chi connectivity index (χ0v) is 19.6. The number of benzene rings is 2. The van der Waals surface area contributed by atoms with Crippen molar-refractivity contribution in [3.05, 3.63) is 76.3 Å². The summed E-state index contributed by atoms with van der Waals surface area (Å²) in [6, 6.07) is 7.81. The van der Waals surface area contributed by atoms with Crippen molar-refractivity contribution in [3.63, 3.8) is 0 Å². The molecule has 0 saturated heterocycles. The van der Waals surface area contributed by atoms with Gasteiger partial charge >= 0.3 is 0 Å². The molecule has 2 unspecified atom stereocenters. The molecule has 1 heterocycles. The molecule has 2 aromatic carbocycles. The highest BCUT2D eigenvalue weighted by atomic mass is 35.5. The molecule has 1 aromatic heterocycles. The summed E-state index contributed by atoms with van der Waals surface area (Å²) in [6.07, 6.45) is 4.97. The van der Waals surface area contributed by atoms with Crippen LogP contribution in [0.25, 0.3) is 5.57 Å². The monoisotopic (exact) mass is 511 g/mol. The van der Waals surface area contributed by atoms with E-state index in [4.69, 9.17) is 22.1 Å². The molecule has 2 atom stereocenters. The topological polar surface area (TPSA) is 94.3 Å². The molecule has 0 radical (unpaired) electrons. The van der Waals surface area contributed by atoms with Crippen molar-refractivity contribution in [2.75, 3.05) is 11.3 Å². The van der Waals surface area contributed by atoms with Crippen LogP contribution >= 0.6 is 22.9 Å². The number of nitrogens with one attached hydrogen (secondary N) is 1. The van der Waals surface area contributed by atoms with E-state index in [2.05, 4.69) is 9.71 Å². The molecule has 4 rings (SSSR count). The largest absolute Gasteiger partial charge is 0.491 e. The van der Waals surface area contributed by atoms with E-state index < -0.39 is 20.7 Å². The number of thiazole rings is 1.